The van der Waals surface area contributed by atoms with Crippen LogP contribution in [-0.4, -0.2) is 27.4 Å². The highest BCUT2D eigenvalue weighted by Crippen LogP contribution is 2.12. The summed E-state index contributed by atoms with van der Waals surface area (Å²) in [6.45, 7) is 5.27. The summed E-state index contributed by atoms with van der Waals surface area (Å²) in [6.07, 6.45) is 3.54. The van der Waals surface area contributed by atoms with Crippen molar-refractivity contribution in [3.05, 3.63) is 47.5 Å². The Morgan fingerprint density at radius 1 is 1.26 bits per heavy atom. The molecular weight excluding hydrogens is 236 g/mol. The third-order valence-electron chi connectivity index (χ3n) is 3.45. The van der Waals surface area contributed by atoms with Crippen LogP contribution in [0, 0.1) is 6.92 Å². The van der Waals surface area contributed by atoms with Crippen molar-refractivity contribution in [2.24, 2.45) is 7.05 Å². The molecule has 0 aliphatic heterocycles. The smallest absolute Gasteiger partial charge is 0.138 e. The van der Waals surface area contributed by atoms with E-state index in [1.54, 1.807) is 6.33 Å². The van der Waals surface area contributed by atoms with E-state index in [1.807, 2.05) is 11.7 Å². The molecule has 0 aliphatic rings. The van der Waals surface area contributed by atoms with Crippen molar-refractivity contribution in [2.45, 2.75) is 32.7 Å². The molecule has 1 N–H and O–H groups in total. The Morgan fingerprint density at radius 2 is 2.05 bits per heavy atom. The minimum absolute atomic E-state index is 0.397. The number of nitrogens with zero attached hydrogens (tertiary/aromatic N) is 3. The molecule has 19 heavy (non-hydrogen) atoms. The average molecular weight is 258 g/mol. The van der Waals surface area contributed by atoms with Crippen molar-refractivity contribution >= 4 is 0 Å². The van der Waals surface area contributed by atoms with E-state index < -0.39 is 0 Å². The topological polar surface area (TPSA) is 42.7 Å². The summed E-state index contributed by atoms with van der Waals surface area (Å²) in [5.74, 6) is 1.03. The average Bonchev–Trinajstić information content (AvgIpc) is 2.78. The van der Waals surface area contributed by atoms with Crippen LogP contribution in [0.2, 0.25) is 0 Å². The van der Waals surface area contributed by atoms with Gasteiger partial charge in [0.05, 0.1) is 0 Å². The molecule has 1 atom stereocenters. The van der Waals surface area contributed by atoms with Crippen LogP contribution < -0.4 is 5.32 Å². The highest BCUT2D eigenvalue weighted by atomic mass is 15.3. The number of benzene rings is 1. The Kier molecular flexibility index (Phi) is 4.68. The van der Waals surface area contributed by atoms with Crippen LogP contribution in [0.1, 0.15) is 23.9 Å². The number of rotatable bonds is 6. The highest BCUT2D eigenvalue weighted by Gasteiger charge is 2.13. The van der Waals surface area contributed by atoms with Gasteiger partial charge in [0.2, 0.25) is 0 Å². The van der Waals surface area contributed by atoms with Gasteiger partial charge in [-0.3, -0.25) is 4.68 Å². The fourth-order valence-corrected chi connectivity index (χ4v) is 2.34. The molecule has 1 aromatic heterocycles. The summed E-state index contributed by atoms with van der Waals surface area (Å²) in [4.78, 5) is 4.31. The van der Waals surface area contributed by atoms with Gasteiger partial charge in [-0.05, 0) is 31.0 Å². The molecule has 0 spiro atoms. The second-order valence-electron chi connectivity index (χ2n) is 4.89. The Labute approximate surface area is 114 Å². The maximum atomic E-state index is 4.31. The van der Waals surface area contributed by atoms with Crippen LogP contribution in [-0.2, 0) is 19.9 Å². The number of hydrogen-bond acceptors (Lipinski definition) is 3. The van der Waals surface area contributed by atoms with Crippen LogP contribution in [0.5, 0.6) is 0 Å². The first kappa shape index (κ1) is 13.7. The molecule has 102 valence electrons. The lowest BCUT2D eigenvalue weighted by Crippen LogP contribution is -2.34. The number of nitrogens with one attached hydrogen (secondary N) is 1. The Hall–Kier alpha value is -1.68. The molecular formula is C15H22N4. The van der Waals surface area contributed by atoms with Gasteiger partial charge < -0.3 is 5.32 Å². The molecule has 1 aromatic carbocycles. The largest absolute Gasteiger partial charge is 0.313 e. The lowest BCUT2D eigenvalue weighted by molar-refractivity contribution is 0.498. The van der Waals surface area contributed by atoms with E-state index in [-0.39, 0.29) is 0 Å². The van der Waals surface area contributed by atoms with Gasteiger partial charge in [0.15, 0.2) is 0 Å². The van der Waals surface area contributed by atoms with E-state index in [1.165, 1.54) is 11.1 Å². The molecule has 0 radical (unpaired) electrons. The van der Waals surface area contributed by atoms with Crippen molar-refractivity contribution in [3.63, 3.8) is 0 Å². The zero-order valence-corrected chi connectivity index (χ0v) is 11.9. The molecule has 4 nitrogen and oxygen atoms in total. The summed E-state index contributed by atoms with van der Waals surface area (Å²) in [5, 5.41) is 7.67. The van der Waals surface area contributed by atoms with Crippen molar-refractivity contribution in [2.75, 3.05) is 6.54 Å². The van der Waals surface area contributed by atoms with E-state index in [9.17, 15) is 0 Å². The highest BCUT2D eigenvalue weighted by molar-refractivity contribution is 5.26. The summed E-state index contributed by atoms with van der Waals surface area (Å²) < 4.78 is 1.85. The first-order valence-electron chi connectivity index (χ1n) is 6.81. The minimum Gasteiger partial charge on any atom is -0.313 e. The first-order chi connectivity index (χ1) is 9.20. The molecule has 4 heteroatoms. The number of hydrogen-bond donors (Lipinski definition) is 1. The zero-order valence-electron chi connectivity index (χ0n) is 11.9. The summed E-state index contributed by atoms with van der Waals surface area (Å²) in [5.41, 5.74) is 2.75. The van der Waals surface area contributed by atoms with E-state index >= 15 is 0 Å². The quantitative estimate of drug-likeness (QED) is 0.860. The van der Waals surface area contributed by atoms with Crippen LogP contribution in [0.3, 0.4) is 0 Å². The fraction of sp³-hybridized carbons (Fsp3) is 0.467. The predicted molar refractivity (Wildman–Crippen MR) is 77.1 cm³/mol. The minimum atomic E-state index is 0.397. The van der Waals surface area contributed by atoms with Gasteiger partial charge >= 0.3 is 0 Å². The predicted octanol–water partition coefficient (Wildman–Crippen LogP) is 1.89. The van der Waals surface area contributed by atoms with Crippen LogP contribution in [0.25, 0.3) is 0 Å². The van der Waals surface area contributed by atoms with Gasteiger partial charge in [0.1, 0.15) is 12.2 Å². The van der Waals surface area contributed by atoms with Gasteiger partial charge in [-0.2, -0.15) is 5.10 Å². The van der Waals surface area contributed by atoms with Gasteiger partial charge in [0.25, 0.3) is 0 Å². The summed E-state index contributed by atoms with van der Waals surface area (Å²) in [7, 11) is 1.94. The monoisotopic (exact) mass is 258 g/mol. The molecule has 0 amide bonds. The van der Waals surface area contributed by atoms with Gasteiger partial charge in [-0.1, -0.05) is 31.2 Å². The van der Waals surface area contributed by atoms with Crippen molar-refractivity contribution < 1.29 is 0 Å². The lowest BCUT2D eigenvalue weighted by Gasteiger charge is -2.18. The molecule has 2 aromatic rings. The van der Waals surface area contributed by atoms with Crippen LogP contribution >= 0.6 is 0 Å². The van der Waals surface area contributed by atoms with Gasteiger partial charge in [-0.15, -0.1) is 0 Å². The molecule has 0 aliphatic carbocycles. The standard InChI is InChI=1S/C15H22N4/c1-4-16-14(10-15-17-11-18-19(15)3)9-13-8-6-5-7-12(13)2/h5-8,11,14,16H,4,9-10H2,1-3H3. The van der Waals surface area contributed by atoms with E-state index in [2.05, 4.69) is 53.5 Å². The lowest BCUT2D eigenvalue weighted by atomic mass is 9.99. The SMILES string of the molecule is CCNC(Cc1ccccc1C)Cc1ncnn1C. The molecule has 0 fully saturated rings. The van der Waals surface area contributed by atoms with Crippen LogP contribution in [0.4, 0.5) is 0 Å². The number of aromatic nitrogens is 3. The summed E-state index contributed by atoms with van der Waals surface area (Å²) in [6, 6.07) is 8.96. The molecule has 0 saturated carbocycles. The van der Waals surface area contributed by atoms with Gasteiger partial charge in [-0.25, -0.2) is 4.98 Å². The molecule has 2 rings (SSSR count). The molecule has 1 unspecified atom stereocenters. The number of likely N-dealkylation sites (N-methyl/N-ethyl adjacent to an activating group) is 1. The van der Waals surface area contributed by atoms with Gasteiger partial charge in [0, 0.05) is 19.5 Å². The molecule has 0 saturated heterocycles. The second-order valence-corrected chi connectivity index (χ2v) is 4.89. The van der Waals surface area contributed by atoms with E-state index in [4.69, 9.17) is 0 Å². The Bertz CT molecular complexity index is 518. The third kappa shape index (κ3) is 3.64. The zero-order chi connectivity index (χ0) is 13.7. The fourth-order valence-electron chi connectivity index (χ4n) is 2.34. The molecule has 0 bridgehead atoms. The summed E-state index contributed by atoms with van der Waals surface area (Å²) >= 11 is 0. The second kappa shape index (κ2) is 6.48. The van der Waals surface area contributed by atoms with Crippen molar-refractivity contribution in [3.8, 4) is 0 Å². The first-order valence-corrected chi connectivity index (χ1v) is 6.81. The molecule has 1 heterocycles. The maximum Gasteiger partial charge on any atom is 0.138 e. The maximum absolute atomic E-state index is 4.31. The van der Waals surface area contributed by atoms with Crippen molar-refractivity contribution in [1.29, 1.82) is 0 Å². The number of aryl methyl sites for hydroxylation is 2. The Morgan fingerprint density at radius 3 is 2.68 bits per heavy atom. The van der Waals surface area contributed by atoms with E-state index in [0.717, 1.165) is 25.2 Å². The third-order valence-corrected chi connectivity index (χ3v) is 3.45. The van der Waals surface area contributed by atoms with E-state index in [0.29, 0.717) is 6.04 Å². The normalized spacial score (nSPS) is 12.6. The van der Waals surface area contributed by atoms with Crippen LogP contribution in [0.15, 0.2) is 30.6 Å². The Balaban J connectivity index is 2.08. The van der Waals surface area contributed by atoms with Crippen molar-refractivity contribution in [1.82, 2.24) is 20.1 Å².